The van der Waals surface area contributed by atoms with E-state index in [1.807, 2.05) is 232 Å². The molecule has 4 saturated carbocycles. The highest BCUT2D eigenvalue weighted by molar-refractivity contribution is 5.81. The van der Waals surface area contributed by atoms with E-state index < -0.39 is 0 Å². The highest BCUT2D eigenvalue weighted by Crippen LogP contribution is 2.39. The molecule has 12 aromatic heterocycles. The summed E-state index contributed by atoms with van der Waals surface area (Å²) < 4.78 is 14.4. The van der Waals surface area contributed by atoms with Crippen molar-refractivity contribution in [3.63, 3.8) is 0 Å². The molecule has 0 saturated heterocycles. The minimum absolute atomic E-state index is 0.463. The summed E-state index contributed by atoms with van der Waals surface area (Å²) in [6.07, 6.45) is 49.8. The van der Waals surface area contributed by atoms with E-state index in [1.54, 1.807) is 28.1 Å². The molecule has 28 nitrogen and oxygen atoms in total. The van der Waals surface area contributed by atoms with E-state index in [0.29, 0.717) is 47.5 Å². The van der Waals surface area contributed by atoms with Crippen molar-refractivity contribution in [2.75, 3.05) is 21.3 Å². The van der Waals surface area contributed by atoms with Gasteiger partial charge in [0.25, 0.3) is 0 Å². The van der Waals surface area contributed by atoms with Gasteiger partial charge < -0.3 is 21.3 Å². The van der Waals surface area contributed by atoms with Crippen LogP contribution < -0.4 is 21.3 Å². The molecule has 28 heteroatoms. The molecule has 0 amide bonds. The maximum atomic E-state index is 4.95. The lowest BCUT2D eigenvalue weighted by Gasteiger charge is -2.28. The molecule has 578 valence electrons. The van der Waals surface area contributed by atoms with Crippen LogP contribution in [0.5, 0.6) is 0 Å². The zero-order chi connectivity index (χ0) is 78.5. The topological polar surface area (TPSA) is 294 Å². The van der Waals surface area contributed by atoms with Gasteiger partial charge in [-0.15, -0.1) is 0 Å². The average molecular weight is 1530 g/mol. The summed E-state index contributed by atoms with van der Waals surface area (Å²) in [5, 5.41) is 48.9. The van der Waals surface area contributed by atoms with Gasteiger partial charge in [-0.25, -0.2) is 39.9 Å². The van der Waals surface area contributed by atoms with E-state index in [9.17, 15) is 0 Å². The Balaban J connectivity index is 0.000000111. The van der Waals surface area contributed by atoms with E-state index >= 15 is 0 Å². The predicted molar refractivity (Wildman–Crippen MR) is 448 cm³/mol. The van der Waals surface area contributed by atoms with Crippen molar-refractivity contribution in [3.8, 4) is 135 Å². The van der Waals surface area contributed by atoms with Crippen molar-refractivity contribution in [3.05, 3.63) is 221 Å². The van der Waals surface area contributed by atoms with Gasteiger partial charge in [-0.3, -0.25) is 37.5 Å². The Kier molecular flexibility index (Phi) is 21.1. The van der Waals surface area contributed by atoms with Gasteiger partial charge in [0.2, 0.25) is 0 Å². The number of aryl methyl sites for hydroxylation is 8. The minimum atomic E-state index is 0.463. The number of hydrogen-bond acceptors (Lipinski definition) is 20. The highest BCUT2D eigenvalue weighted by atomic mass is 15.3. The first-order valence-corrected chi connectivity index (χ1v) is 39.0. The second-order valence-electron chi connectivity index (χ2n) is 30.1. The van der Waals surface area contributed by atoms with Crippen LogP contribution in [-0.2, 0) is 56.4 Å². The smallest absolute Gasteiger partial charge is 0.161 e. The van der Waals surface area contributed by atoms with Gasteiger partial charge in [-0.1, -0.05) is 85.6 Å². The van der Waals surface area contributed by atoms with E-state index in [4.69, 9.17) is 24.9 Å². The van der Waals surface area contributed by atoms with Crippen LogP contribution in [0.4, 0.5) is 23.3 Å². The monoisotopic (exact) mass is 1530 g/mol. The molecular formula is C87H90N28. The second kappa shape index (κ2) is 32.8. The Morgan fingerprint density at radius 1 is 0.252 bits per heavy atom. The van der Waals surface area contributed by atoms with Gasteiger partial charge in [0, 0.05) is 233 Å². The number of anilines is 4. The van der Waals surface area contributed by atoms with Gasteiger partial charge in [-0.2, -0.15) is 40.8 Å². The minimum Gasteiger partial charge on any atom is -0.367 e. The normalized spacial score (nSPS) is 13.9. The molecule has 0 bridgehead atoms. The Morgan fingerprint density at radius 3 is 0.748 bits per heavy atom. The number of aromatic nitrogens is 24. The summed E-state index contributed by atoms with van der Waals surface area (Å²) in [5.74, 6) is 6.31. The zero-order valence-electron chi connectivity index (χ0n) is 65.6. The molecule has 12 heterocycles. The van der Waals surface area contributed by atoms with Gasteiger partial charge in [0.05, 0.1) is 54.6 Å². The fourth-order valence-electron chi connectivity index (χ4n) is 14.1. The molecule has 4 N–H and O–H groups in total. The SMILES string of the molecule is Cn1cc(-c2cccc(-c3ncc(-c4ccn(C)n4)c(NC4CC4)n3)c2)cn1.Cn1cc(-c2cccc(-c3ncc(-c4cnn(C)c4)c(NC4CC4)n3)c2)cn1.Cn1cc(-c2cccc(-c3ncc(-c4cnn(C)c4)c(NC4CCC4)n3)c2)cn1.Cn1cc(-c2cccc(-c3ncc(-c4cnn(C)c4)c(NC4CCCC4)n3)c2)cn1. The van der Waals surface area contributed by atoms with Crippen LogP contribution in [0, 0.1) is 0 Å². The zero-order valence-corrected chi connectivity index (χ0v) is 65.6. The van der Waals surface area contributed by atoms with Crippen molar-refractivity contribution in [2.24, 2.45) is 56.4 Å². The summed E-state index contributed by atoms with van der Waals surface area (Å²) in [5.41, 5.74) is 20.5. The van der Waals surface area contributed by atoms with Gasteiger partial charge in [0.1, 0.15) is 23.3 Å². The summed E-state index contributed by atoms with van der Waals surface area (Å²) in [6.45, 7) is 0. The maximum Gasteiger partial charge on any atom is 0.161 e. The predicted octanol–water partition coefficient (Wildman–Crippen LogP) is 15.2. The largest absolute Gasteiger partial charge is 0.367 e. The molecular weight excluding hydrogens is 1440 g/mol. The standard InChI is InChI=1S/C23H25N7.C22H23N7.2C21H21N7/c1-29-14-18(11-25-29)16-6-5-7-17(10-16)22-24-13-21(19-12-26-30(2)15-19)23(28-22)27-20-8-3-4-9-20;1-28-13-17(10-24-28)15-5-3-6-16(9-15)21-23-12-20(18-11-25-29(2)14-18)22(27-21)26-19-7-4-8-19;1-27-12-16(9-23-27)14-4-3-5-15(8-14)20-22-11-19(17-10-24-28(2)13-17)21(26-20)25-18-6-7-18;1-27-9-8-19(26-27)18-12-22-20(25-21(18)24-17-6-7-17)15-5-3-4-14(10-15)16-11-23-28(2)13-16/h5-7,10-15,20H,3-4,8-9H2,1-2H3,(H,24,27,28);3,5-6,9-14,19H,4,7-8H2,1-2H3,(H,23,26,27);3-5,8-13,18H,6-7H2,1-2H3,(H,22,25,26);3-5,8-13,17H,6-7H2,1-2H3,(H,22,24,25). The van der Waals surface area contributed by atoms with Crippen molar-refractivity contribution >= 4 is 23.3 Å². The Labute approximate surface area is 665 Å². The summed E-state index contributed by atoms with van der Waals surface area (Å²) in [6, 6.07) is 37.0. The lowest BCUT2D eigenvalue weighted by molar-refractivity contribution is 0.444. The lowest BCUT2D eigenvalue weighted by Crippen LogP contribution is -2.27. The fraction of sp³-hybridized carbons (Fsp3) is 0.264. The summed E-state index contributed by atoms with van der Waals surface area (Å²) >= 11 is 0. The van der Waals surface area contributed by atoms with Gasteiger partial charge in [-0.05, 0) is 110 Å². The van der Waals surface area contributed by atoms with Crippen LogP contribution in [-0.4, -0.2) is 142 Å². The molecule has 4 aliphatic rings. The van der Waals surface area contributed by atoms with Crippen LogP contribution in [0.15, 0.2) is 221 Å². The third kappa shape index (κ3) is 17.7. The fourth-order valence-corrected chi connectivity index (χ4v) is 14.1. The molecule has 0 atom stereocenters. The molecule has 0 spiro atoms. The third-order valence-corrected chi connectivity index (χ3v) is 20.8. The van der Waals surface area contributed by atoms with Gasteiger partial charge in [0.15, 0.2) is 23.3 Å². The van der Waals surface area contributed by atoms with E-state index in [2.05, 4.69) is 132 Å². The van der Waals surface area contributed by atoms with Crippen molar-refractivity contribution < 1.29 is 0 Å². The van der Waals surface area contributed by atoms with Crippen LogP contribution in [0.3, 0.4) is 0 Å². The first-order valence-electron chi connectivity index (χ1n) is 39.0. The number of nitrogens with zero attached hydrogens (tertiary/aromatic N) is 24. The second-order valence-corrected chi connectivity index (χ2v) is 30.1. The highest BCUT2D eigenvalue weighted by Gasteiger charge is 2.28. The van der Waals surface area contributed by atoms with Crippen molar-refractivity contribution in [1.29, 1.82) is 0 Å². The van der Waals surface area contributed by atoms with Crippen molar-refractivity contribution in [1.82, 2.24) is 118 Å². The lowest BCUT2D eigenvalue weighted by atomic mass is 9.93. The van der Waals surface area contributed by atoms with Crippen LogP contribution in [0.1, 0.15) is 70.6 Å². The quantitative estimate of drug-likeness (QED) is 0.0551. The number of benzene rings is 4. The molecule has 20 rings (SSSR count). The molecule has 0 radical (unpaired) electrons. The third-order valence-electron chi connectivity index (χ3n) is 20.8. The van der Waals surface area contributed by atoms with Crippen molar-refractivity contribution in [2.45, 2.75) is 94.8 Å². The van der Waals surface area contributed by atoms with Crippen LogP contribution >= 0.6 is 0 Å². The summed E-state index contributed by atoms with van der Waals surface area (Å²) in [7, 11) is 15.4. The molecule has 0 aliphatic heterocycles. The first kappa shape index (κ1) is 73.9. The molecule has 4 aliphatic carbocycles. The van der Waals surface area contributed by atoms with Gasteiger partial charge >= 0.3 is 0 Å². The van der Waals surface area contributed by atoms with E-state index in [1.165, 1.54) is 70.6 Å². The molecule has 4 fully saturated rings. The molecule has 115 heavy (non-hydrogen) atoms. The average Bonchev–Trinajstić information content (AvgIpc) is 1.71. The Bertz CT molecular complexity index is 5880. The summed E-state index contributed by atoms with van der Waals surface area (Å²) in [4.78, 5) is 38.3. The molecule has 0 unspecified atom stereocenters. The Hall–Kier alpha value is -13.9. The molecule has 4 aromatic carbocycles. The van der Waals surface area contributed by atoms with E-state index in [-0.39, 0.29) is 0 Å². The Morgan fingerprint density at radius 2 is 0.504 bits per heavy atom. The number of nitrogens with one attached hydrogen (secondary N) is 4. The van der Waals surface area contributed by atoms with E-state index in [0.717, 1.165) is 135 Å². The van der Waals surface area contributed by atoms with Crippen LogP contribution in [0.2, 0.25) is 0 Å². The first-order chi connectivity index (χ1) is 56.1. The number of hydrogen-bond donors (Lipinski definition) is 4. The van der Waals surface area contributed by atoms with Crippen LogP contribution in [0.25, 0.3) is 135 Å². The number of rotatable bonds is 20. The maximum absolute atomic E-state index is 4.95. The molecule has 16 aromatic rings.